The van der Waals surface area contributed by atoms with E-state index < -0.39 is 11.9 Å². The molecule has 4 aromatic heterocycles. The Morgan fingerprint density at radius 3 is 2.42 bits per heavy atom. The summed E-state index contributed by atoms with van der Waals surface area (Å²) in [6.07, 6.45) is 6.05. The fourth-order valence-corrected chi connectivity index (χ4v) is 4.67. The second-order valence-electron chi connectivity index (χ2n) is 9.16. The van der Waals surface area contributed by atoms with Gasteiger partial charge in [-0.1, -0.05) is 60.7 Å². The number of fused-ring (bicyclic) bond motifs is 1. The number of benzene rings is 2. The molecule has 1 unspecified atom stereocenters. The van der Waals surface area contributed by atoms with Gasteiger partial charge in [0.05, 0.1) is 29.7 Å². The minimum atomic E-state index is -0.893. The van der Waals surface area contributed by atoms with Gasteiger partial charge in [0.25, 0.3) is 11.5 Å². The minimum absolute atomic E-state index is 0.173. The molecule has 0 aliphatic heterocycles. The molecule has 0 bridgehead atoms. The fraction of sp³-hybridized carbons (Fsp3) is 0.0645. The summed E-state index contributed by atoms with van der Waals surface area (Å²) >= 11 is 0. The maximum Gasteiger partial charge on any atom is 0.252 e. The molecule has 0 aliphatic carbocycles. The molecule has 2 aromatic carbocycles. The van der Waals surface area contributed by atoms with Gasteiger partial charge in [-0.25, -0.2) is 9.97 Å². The van der Waals surface area contributed by atoms with E-state index in [1.165, 1.54) is 23.1 Å². The predicted molar refractivity (Wildman–Crippen MR) is 150 cm³/mol. The highest BCUT2D eigenvalue weighted by molar-refractivity contribution is 5.94. The molecule has 0 saturated heterocycles. The largest absolute Gasteiger partial charge is 0.443 e. The zero-order chi connectivity index (χ0) is 27.5. The van der Waals surface area contributed by atoms with E-state index in [-0.39, 0.29) is 28.0 Å². The van der Waals surface area contributed by atoms with Crippen LogP contribution in [0.25, 0.3) is 22.6 Å². The number of carbonyl (C=O) groups excluding carboxylic acids is 1. The average molecular weight is 530 g/mol. The number of rotatable bonds is 7. The van der Waals surface area contributed by atoms with Crippen LogP contribution in [0.3, 0.4) is 0 Å². The van der Waals surface area contributed by atoms with Crippen LogP contribution < -0.4 is 16.3 Å². The van der Waals surface area contributed by atoms with E-state index in [0.717, 1.165) is 5.56 Å². The van der Waals surface area contributed by atoms with Gasteiger partial charge in [0.2, 0.25) is 5.89 Å². The molecule has 9 heteroatoms. The summed E-state index contributed by atoms with van der Waals surface area (Å²) < 4.78 is 7.08. The molecule has 0 radical (unpaired) electrons. The predicted octanol–water partition coefficient (Wildman–Crippen LogP) is 4.31. The molecule has 40 heavy (non-hydrogen) atoms. The van der Waals surface area contributed by atoms with Gasteiger partial charge in [-0.05, 0) is 29.3 Å². The van der Waals surface area contributed by atoms with Gasteiger partial charge in [-0.2, -0.15) is 0 Å². The zero-order valence-electron chi connectivity index (χ0n) is 21.2. The van der Waals surface area contributed by atoms with E-state index in [1.807, 2.05) is 60.7 Å². The van der Waals surface area contributed by atoms with Crippen molar-refractivity contribution in [1.82, 2.24) is 24.8 Å². The van der Waals surface area contributed by atoms with Crippen molar-refractivity contribution < 1.29 is 9.21 Å². The number of hydrogen-bond acceptors (Lipinski definition) is 6. The Bertz CT molecular complexity index is 1910. The molecule has 0 saturated carbocycles. The van der Waals surface area contributed by atoms with Crippen LogP contribution in [0.2, 0.25) is 0 Å². The summed E-state index contributed by atoms with van der Waals surface area (Å²) in [5, 5.41) is 3.33. The summed E-state index contributed by atoms with van der Waals surface area (Å²) in [4.78, 5) is 52.1. The molecule has 0 spiro atoms. The summed E-state index contributed by atoms with van der Waals surface area (Å²) in [6.45, 7) is 0.383. The Kier molecular flexibility index (Phi) is 6.60. The van der Waals surface area contributed by atoms with Crippen molar-refractivity contribution in [3.63, 3.8) is 0 Å². The van der Waals surface area contributed by atoms with Crippen LogP contribution in [0.4, 0.5) is 0 Å². The summed E-state index contributed by atoms with van der Waals surface area (Å²) in [5.41, 5.74) is 2.06. The molecular weight excluding hydrogens is 506 g/mol. The molecule has 196 valence electrons. The van der Waals surface area contributed by atoms with Crippen molar-refractivity contribution in [1.29, 1.82) is 0 Å². The van der Waals surface area contributed by atoms with Crippen LogP contribution in [0.5, 0.6) is 0 Å². The highest BCUT2D eigenvalue weighted by Crippen LogP contribution is 2.29. The number of aromatic nitrogens is 4. The van der Waals surface area contributed by atoms with E-state index in [9.17, 15) is 14.4 Å². The standard InChI is InChI=1S/C31H23N5O4/c37-24-18-22(13-16-36(24)19-20-8-3-1-4-9-20)30(39)35-26(21-10-5-2-6-11-21)25-27(31-33-15-17-40-31)34-29-23(28(25)38)12-7-14-32-29/h1-18,26H,19H2,(H,35,39)(H,32,34,38). The van der Waals surface area contributed by atoms with Crippen molar-refractivity contribution in [2.75, 3.05) is 0 Å². The van der Waals surface area contributed by atoms with Crippen molar-refractivity contribution in [2.24, 2.45) is 0 Å². The Hall–Kier alpha value is -5.57. The van der Waals surface area contributed by atoms with Crippen LogP contribution in [0.15, 0.2) is 124 Å². The first-order chi connectivity index (χ1) is 19.6. The molecule has 0 aliphatic rings. The first-order valence-electron chi connectivity index (χ1n) is 12.6. The number of oxazole rings is 1. The van der Waals surface area contributed by atoms with E-state index in [4.69, 9.17) is 4.42 Å². The molecular formula is C31H23N5O4. The number of nitrogens with zero attached hydrogens (tertiary/aromatic N) is 3. The molecule has 9 nitrogen and oxygen atoms in total. The van der Waals surface area contributed by atoms with Crippen molar-refractivity contribution in [2.45, 2.75) is 12.6 Å². The third-order valence-electron chi connectivity index (χ3n) is 6.61. The average Bonchev–Trinajstić information content (AvgIpc) is 3.53. The molecule has 6 aromatic rings. The maximum absolute atomic E-state index is 13.9. The Morgan fingerprint density at radius 1 is 0.925 bits per heavy atom. The third-order valence-corrected chi connectivity index (χ3v) is 6.61. The third kappa shape index (κ3) is 4.83. The number of nitrogens with one attached hydrogen (secondary N) is 2. The van der Waals surface area contributed by atoms with Crippen molar-refractivity contribution >= 4 is 16.9 Å². The lowest BCUT2D eigenvalue weighted by Crippen LogP contribution is -2.34. The highest BCUT2D eigenvalue weighted by atomic mass is 16.3. The van der Waals surface area contributed by atoms with Gasteiger partial charge >= 0.3 is 0 Å². The lowest BCUT2D eigenvalue weighted by atomic mass is 9.95. The lowest BCUT2D eigenvalue weighted by Gasteiger charge is -2.22. The van der Waals surface area contributed by atoms with Gasteiger partial charge < -0.3 is 19.3 Å². The smallest absolute Gasteiger partial charge is 0.252 e. The van der Waals surface area contributed by atoms with E-state index in [0.29, 0.717) is 28.8 Å². The lowest BCUT2D eigenvalue weighted by molar-refractivity contribution is 0.0942. The molecule has 4 heterocycles. The minimum Gasteiger partial charge on any atom is -0.443 e. The van der Waals surface area contributed by atoms with Crippen molar-refractivity contribution in [3.8, 4) is 11.6 Å². The topological polar surface area (TPSA) is 123 Å². The molecule has 1 atom stereocenters. The molecule has 0 fully saturated rings. The monoisotopic (exact) mass is 529 g/mol. The van der Waals surface area contributed by atoms with E-state index in [2.05, 4.69) is 20.3 Å². The van der Waals surface area contributed by atoms with Gasteiger partial charge in [-0.15, -0.1) is 0 Å². The SMILES string of the molecule is O=C(NC(c1ccccc1)c1c(-c2ncco2)[nH]c2ncccc2c1=O)c1ccn(Cc2ccccc2)c(=O)c1. The van der Waals surface area contributed by atoms with Gasteiger partial charge in [0, 0.05) is 24.0 Å². The number of H-pyrrole nitrogens is 1. The number of carbonyl (C=O) groups is 1. The Labute approximate surface area is 227 Å². The quantitative estimate of drug-likeness (QED) is 0.318. The number of pyridine rings is 3. The van der Waals surface area contributed by atoms with Gasteiger partial charge in [-0.3, -0.25) is 14.4 Å². The fourth-order valence-electron chi connectivity index (χ4n) is 4.67. The summed E-state index contributed by atoms with van der Waals surface area (Å²) in [7, 11) is 0. The van der Waals surface area contributed by atoms with E-state index >= 15 is 0 Å². The first-order valence-corrected chi connectivity index (χ1v) is 12.6. The van der Waals surface area contributed by atoms with Crippen molar-refractivity contribution in [3.05, 3.63) is 153 Å². The normalized spacial score (nSPS) is 11.8. The molecule has 1 amide bonds. The summed E-state index contributed by atoms with van der Waals surface area (Å²) in [6, 6.07) is 24.0. The van der Waals surface area contributed by atoms with Crippen LogP contribution in [-0.4, -0.2) is 25.4 Å². The molecule has 2 N–H and O–H groups in total. The molecule has 6 rings (SSSR count). The maximum atomic E-state index is 13.9. The van der Waals surface area contributed by atoms with Crippen LogP contribution >= 0.6 is 0 Å². The zero-order valence-corrected chi connectivity index (χ0v) is 21.2. The van der Waals surface area contributed by atoms with E-state index in [1.54, 1.807) is 30.6 Å². The van der Waals surface area contributed by atoms with Crippen LogP contribution in [-0.2, 0) is 6.54 Å². The number of hydrogen-bond donors (Lipinski definition) is 2. The van der Waals surface area contributed by atoms with Crippen LogP contribution in [0, 0.1) is 0 Å². The summed E-state index contributed by atoms with van der Waals surface area (Å²) in [5.74, 6) is -0.333. The first kappa shape index (κ1) is 24.7. The number of amides is 1. The van der Waals surface area contributed by atoms with Crippen LogP contribution in [0.1, 0.15) is 33.1 Å². The number of aromatic amines is 1. The Morgan fingerprint density at radius 2 is 1.70 bits per heavy atom. The Balaban J connectivity index is 1.43. The second kappa shape index (κ2) is 10.7. The second-order valence-corrected chi connectivity index (χ2v) is 9.16. The van der Waals surface area contributed by atoms with Gasteiger partial charge in [0.15, 0.2) is 5.43 Å². The van der Waals surface area contributed by atoms with Gasteiger partial charge in [0.1, 0.15) is 17.6 Å². The highest BCUT2D eigenvalue weighted by Gasteiger charge is 2.28.